The fraction of sp³-hybridized carbons (Fsp3) is 0.0741. The predicted molar refractivity (Wildman–Crippen MR) is 124 cm³/mol. The Bertz CT molecular complexity index is 1320. The van der Waals surface area contributed by atoms with Crippen LogP contribution in [0.2, 0.25) is 0 Å². The maximum atomic E-state index is 13.6. The maximum Gasteiger partial charge on any atom is 0.270 e. The Balaban J connectivity index is 1.70. The number of carbonyl (C=O) groups excluding carboxylic acids is 1. The molecule has 1 unspecified atom stereocenters. The summed E-state index contributed by atoms with van der Waals surface area (Å²) in [5, 5.41) is 11.2. The molecular formula is C27H20N2O3. The summed E-state index contributed by atoms with van der Waals surface area (Å²) in [6.45, 7) is 0.387. The predicted octanol–water partition coefficient (Wildman–Crippen LogP) is 5.94. The average Bonchev–Trinajstić information content (AvgIpc) is 2.99. The van der Waals surface area contributed by atoms with E-state index in [0.717, 1.165) is 27.9 Å². The number of nitrogens with zero attached hydrogens (tertiary/aromatic N) is 2. The molecule has 5 rings (SSSR count). The number of anilines is 1. The first-order chi connectivity index (χ1) is 15.6. The fourth-order valence-corrected chi connectivity index (χ4v) is 4.45. The van der Waals surface area contributed by atoms with Crippen LogP contribution in [-0.4, -0.2) is 10.8 Å². The number of amides is 1. The molecule has 0 spiro atoms. The van der Waals surface area contributed by atoms with Crippen molar-refractivity contribution in [1.29, 1.82) is 0 Å². The van der Waals surface area contributed by atoms with Crippen LogP contribution >= 0.6 is 0 Å². The lowest BCUT2D eigenvalue weighted by atomic mass is 9.83. The summed E-state index contributed by atoms with van der Waals surface area (Å²) in [5.41, 5.74) is 5.40. The molecular weight excluding hydrogens is 400 g/mol. The van der Waals surface area contributed by atoms with Crippen molar-refractivity contribution in [3.05, 3.63) is 141 Å². The Morgan fingerprint density at radius 2 is 1.50 bits per heavy atom. The van der Waals surface area contributed by atoms with E-state index in [-0.39, 0.29) is 17.5 Å². The van der Waals surface area contributed by atoms with Gasteiger partial charge in [-0.05, 0) is 34.4 Å². The molecule has 1 amide bonds. The molecule has 1 heterocycles. The molecule has 0 N–H and O–H groups in total. The van der Waals surface area contributed by atoms with E-state index in [0.29, 0.717) is 12.1 Å². The summed E-state index contributed by atoms with van der Waals surface area (Å²) < 4.78 is 0. The monoisotopic (exact) mass is 420 g/mol. The lowest BCUT2D eigenvalue weighted by Crippen LogP contribution is -2.30. The lowest BCUT2D eigenvalue weighted by molar-refractivity contribution is -0.384. The number of carbonyl (C=O) groups is 1. The third-order valence-corrected chi connectivity index (χ3v) is 5.92. The summed E-state index contributed by atoms with van der Waals surface area (Å²) >= 11 is 0. The molecule has 0 bridgehead atoms. The normalized spacial score (nSPS) is 14.8. The minimum Gasteiger partial charge on any atom is -0.304 e. The van der Waals surface area contributed by atoms with Crippen LogP contribution in [0.15, 0.2) is 103 Å². The Hall–Kier alpha value is -4.25. The molecule has 4 aromatic rings. The first kappa shape index (κ1) is 19.7. The maximum absolute atomic E-state index is 13.6. The van der Waals surface area contributed by atoms with Crippen molar-refractivity contribution in [1.82, 2.24) is 0 Å². The number of non-ortho nitro benzene ring substituents is 1. The topological polar surface area (TPSA) is 63.4 Å². The number of benzene rings is 4. The van der Waals surface area contributed by atoms with E-state index in [2.05, 4.69) is 24.3 Å². The highest BCUT2D eigenvalue weighted by atomic mass is 16.6. The first-order valence-corrected chi connectivity index (χ1v) is 10.4. The van der Waals surface area contributed by atoms with Crippen LogP contribution in [0.1, 0.15) is 38.5 Å². The first-order valence-electron chi connectivity index (χ1n) is 10.4. The molecule has 5 nitrogen and oxygen atoms in total. The highest BCUT2D eigenvalue weighted by Crippen LogP contribution is 2.42. The minimum absolute atomic E-state index is 0.0218. The van der Waals surface area contributed by atoms with E-state index in [1.165, 1.54) is 12.1 Å². The van der Waals surface area contributed by atoms with Gasteiger partial charge in [0, 0.05) is 29.3 Å². The Labute approximate surface area is 185 Å². The second-order valence-electron chi connectivity index (χ2n) is 7.80. The lowest BCUT2D eigenvalue weighted by Gasteiger charge is -2.24. The number of fused-ring (bicyclic) bond motifs is 2. The highest BCUT2D eigenvalue weighted by Gasteiger charge is 2.31. The van der Waals surface area contributed by atoms with Crippen LogP contribution in [0.3, 0.4) is 0 Å². The summed E-state index contributed by atoms with van der Waals surface area (Å²) in [7, 11) is 0. The standard InChI is InChI=1S/C27H20N2O3/c30-27(20-12-8-13-22(17-20)29(31)32)28-18-21-11-4-5-14-23(21)26(19-9-2-1-3-10-19)24-15-6-7-16-25(24)28/h1-17,26H,18H2. The van der Waals surface area contributed by atoms with Crippen molar-refractivity contribution in [3.63, 3.8) is 0 Å². The SMILES string of the molecule is O=C(c1cccc([N+](=O)[O-])c1)N1Cc2ccccc2C(c2ccccc2)c2ccccc21. The molecule has 32 heavy (non-hydrogen) atoms. The molecule has 1 aliphatic rings. The smallest absolute Gasteiger partial charge is 0.270 e. The number of hydrogen-bond acceptors (Lipinski definition) is 3. The van der Waals surface area contributed by atoms with Crippen molar-refractivity contribution in [2.75, 3.05) is 4.90 Å². The molecule has 1 aliphatic heterocycles. The molecule has 0 fully saturated rings. The summed E-state index contributed by atoms with van der Waals surface area (Å²) in [4.78, 5) is 26.1. The molecule has 0 saturated carbocycles. The van der Waals surface area contributed by atoms with Gasteiger partial charge >= 0.3 is 0 Å². The third-order valence-electron chi connectivity index (χ3n) is 5.92. The van der Waals surface area contributed by atoms with Crippen LogP contribution in [0.25, 0.3) is 0 Å². The van der Waals surface area contributed by atoms with E-state index in [1.54, 1.807) is 17.0 Å². The van der Waals surface area contributed by atoms with E-state index in [4.69, 9.17) is 0 Å². The van der Waals surface area contributed by atoms with Gasteiger partial charge in [-0.3, -0.25) is 14.9 Å². The van der Waals surface area contributed by atoms with Crippen molar-refractivity contribution < 1.29 is 9.72 Å². The van der Waals surface area contributed by atoms with E-state index in [1.807, 2.05) is 54.6 Å². The molecule has 0 saturated heterocycles. The zero-order valence-corrected chi connectivity index (χ0v) is 17.2. The third kappa shape index (κ3) is 3.44. The van der Waals surface area contributed by atoms with Gasteiger partial charge in [0.15, 0.2) is 0 Å². The molecule has 4 aromatic carbocycles. The summed E-state index contributed by atoms with van der Waals surface area (Å²) in [6, 6.07) is 32.3. The molecule has 156 valence electrons. The van der Waals surface area contributed by atoms with Crippen LogP contribution in [0.5, 0.6) is 0 Å². The van der Waals surface area contributed by atoms with Crippen molar-refractivity contribution in [3.8, 4) is 0 Å². The second kappa shape index (κ2) is 8.12. The summed E-state index contributed by atoms with van der Waals surface area (Å²) in [6.07, 6.45) is 0. The Kier molecular flexibility index (Phi) is 5.00. The van der Waals surface area contributed by atoms with E-state index >= 15 is 0 Å². The largest absolute Gasteiger partial charge is 0.304 e. The Morgan fingerprint density at radius 3 is 2.28 bits per heavy atom. The zero-order chi connectivity index (χ0) is 22.1. The second-order valence-corrected chi connectivity index (χ2v) is 7.80. The minimum atomic E-state index is -0.478. The van der Waals surface area contributed by atoms with Gasteiger partial charge < -0.3 is 4.90 Å². The van der Waals surface area contributed by atoms with Crippen molar-refractivity contribution in [2.24, 2.45) is 0 Å². The molecule has 0 aliphatic carbocycles. The molecule has 1 atom stereocenters. The number of nitro groups is 1. The van der Waals surface area contributed by atoms with E-state index < -0.39 is 4.92 Å². The van der Waals surface area contributed by atoms with Crippen molar-refractivity contribution >= 4 is 17.3 Å². The van der Waals surface area contributed by atoms with Crippen LogP contribution in [-0.2, 0) is 6.54 Å². The molecule has 0 radical (unpaired) electrons. The van der Waals surface area contributed by atoms with Gasteiger partial charge in [0.05, 0.1) is 11.5 Å². The molecule has 0 aromatic heterocycles. The number of hydrogen-bond donors (Lipinski definition) is 0. The number of rotatable bonds is 3. The van der Waals surface area contributed by atoms with Gasteiger partial charge in [-0.15, -0.1) is 0 Å². The van der Waals surface area contributed by atoms with Gasteiger partial charge in [-0.1, -0.05) is 78.9 Å². The van der Waals surface area contributed by atoms with Gasteiger partial charge in [0.1, 0.15) is 0 Å². The quantitative estimate of drug-likeness (QED) is 0.305. The van der Waals surface area contributed by atoms with Crippen LogP contribution < -0.4 is 4.90 Å². The number of para-hydroxylation sites is 1. The van der Waals surface area contributed by atoms with Crippen LogP contribution in [0, 0.1) is 10.1 Å². The summed E-state index contributed by atoms with van der Waals surface area (Å²) in [5.74, 6) is -0.281. The van der Waals surface area contributed by atoms with Gasteiger partial charge in [0.2, 0.25) is 0 Å². The Morgan fingerprint density at radius 1 is 0.812 bits per heavy atom. The van der Waals surface area contributed by atoms with Gasteiger partial charge in [-0.25, -0.2) is 0 Å². The van der Waals surface area contributed by atoms with Gasteiger partial charge in [-0.2, -0.15) is 0 Å². The van der Waals surface area contributed by atoms with Gasteiger partial charge in [0.25, 0.3) is 11.6 Å². The fourth-order valence-electron chi connectivity index (χ4n) is 4.45. The molecule has 5 heteroatoms. The average molecular weight is 420 g/mol. The van der Waals surface area contributed by atoms with Crippen LogP contribution in [0.4, 0.5) is 11.4 Å². The van der Waals surface area contributed by atoms with E-state index in [9.17, 15) is 14.9 Å². The highest BCUT2D eigenvalue weighted by molar-refractivity contribution is 6.07. The zero-order valence-electron chi connectivity index (χ0n) is 17.2. The number of nitro benzene ring substituents is 1. The van der Waals surface area contributed by atoms with Crippen molar-refractivity contribution in [2.45, 2.75) is 12.5 Å².